The summed E-state index contributed by atoms with van der Waals surface area (Å²) in [5.41, 5.74) is 5.54. The van der Waals surface area contributed by atoms with E-state index in [4.69, 9.17) is 14.2 Å². The maximum atomic E-state index is 12.8. The molecule has 1 N–H and O–H groups in total. The molecular weight excluding hydrogens is 520 g/mol. The van der Waals surface area contributed by atoms with Crippen molar-refractivity contribution in [3.05, 3.63) is 125 Å². The molecule has 0 radical (unpaired) electrons. The van der Waals surface area contributed by atoms with Gasteiger partial charge in [0.05, 0.1) is 17.3 Å². The summed E-state index contributed by atoms with van der Waals surface area (Å²) in [5.74, 6) is -0.490. The van der Waals surface area contributed by atoms with Crippen molar-refractivity contribution < 1.29 is 28.6 Å². The van der Waals surface area contributed by atoms with Crippen LogP contribution in [-0.4, -0.2) is 30.7 Å². The SMILES string of the molecule is Cc1ccc(C(C)C)c(OCC(=O)N/N=C/c2ccc(OC(=O)c3ccccc3)cc2OC(=O)c2ccccc2)c1. The normalized spacial score (nSPS) is 10.8. The molecule has 0 heterocycles. The first kappa shape index (κ1) is 28.8. The zero-order valence-electron chi connectivity index (χ0n) is 23.0. The molecule has 0 saturated heterocycles. The highest BCUT2D eigenvalue weighted by molar-refractivity contribution is 5.94. The minimum absolute atomic E-state index is 0.0906. The van der Waals surface area contributed by atoms with E-state index >= 15 is 0 Å². The molecule has 0 unspecified atom stereocenters. The second kappa shape index (κ2) is 13.7. The van der Waals surface area contributed by atoms with E-state index in [9.17, 15) is 14.4 Å². The first-order valence-electron chi connectivity index (χ1n) is 13.0. The number of rotatable bonds is 10. The summed E-state index contributed by atoms with van der Waals surface area (Å²) in [6.45, 7) is 5.83. The molecule has 0 spiro atoms. The summed E-state index contributed by atoms with van der Waals surface area (Å²) in [5, 5.41) is 4.00. The lowest BCUT2D eigenvalue weighted by atomic mass is 10.0. The van der Waals surface area contributed by atoms with Gasteiger partial charge in [-0.2, -0.15) is 5.10 Å². The van der Waals surface area contributed by atoms with Crippen molar-refractivity contribution in [3.63, 3.8) is 0 Å². The number of esters is 2. The minimum atomic E-state index is -0.608. The van der Waals surface area contributed by atoms with Gasteiger partial charge in [-0.05, 0) is 66.4 Å². The topological polar surface area (TPSA) is 103 Å². The van der Waals surface area contributed by atoms with Crippen LogP contribution in [0.1, 0.15) is 57.2 Å². The fraction of sp³-hybridized carbons (Fsp3) is 0.152. The van der Waals surface area contributed by atoms with Gasteiger partial charge in [-0.15, -0.1) is 0 Å². The van der Waals surface area contributed by atoms with E-state index in [0.29, 0.717) is 22.4 Å². The molecule has 41 heavy (non-hydrogen) atoms. The predicted octanol–water partition coefficient (Wildman–Crippen LogP) is 6.09. The molecule has 0 saturated carbocycles. The molecule has 0 aliphatic heterocycles. The van der Waals surface area contributed by atoms with Crippen molar-refractivity contribution in [2.45, 2.75) is 26.7 Å². The zero-order valence-corrected chi connectivity index (χ0v) is 23.0. The Labute approximate surface area is 238 Å². The molecule has 8 nitrogen and oxygen atoms in total. The van der Waals surface area contributed by atoms with E-state index in [-0.39, 0.29) is 24.0 Å². The van der Waals surface area contributed by atoms with Gasteiger partial charge in [0.25, 0.3) is 5.91 Å². The highest BCUT2D eigenvalue weighted by Gasteiger charge is 2.15. The van der Waals surface area contributed by atoms with E-state index in [1.807, 2.05) is 25.1 Å². The summed E-state index contributed by atoms with van der Waals surface area (Å²) >= 11 is 0. The van der Waals surface area contributed by atoms with E-state index in [1.165, 1.54) is 18.3 Å². The number of hydrazone groups is 1. The zero-order chi connectivity index (χ0) is 29.2. The smallest absolute Gasteiger partial charge is 0.343 e. The van der Waals surface area contributed by atoms with E-state index in [1.54, 1.807) is 66.7 Å². The van der Waals surface area contributed by atoms with Crippen LogP contribution in [0.5, 0.6) is 17.2 Å². The lowest BCUT2D eigenvalue weighted by molar-refractivity contribution is -0.123. The van der Waals surface area contributed by atoms with Gasteiger partial charge < -0.3 is 14.2 Å². The van der Waals surface area contributed by atoms with Crippen LogP contribution in [0.2, 0.25) is 0 Å². The first-order chi connectivity index (χ1) is 19.8. The summed E-state index contributed by atoms with van der Waals surface area (Å²) in [7, 11) is 0. The Bertz CT molecular complexity index is 1550. The molecule has 0 aromatic heterocycles. The third-order valence-corrected chi connectivity index (χ3v) is 5.96. The van der Waals surface area contributed by atoms with Crippen LogP contribution in [0.4, 0.5) is 0 Å². The molecule has 1 amide bonds. The largest absolute Gasteiger partial charge is 0.483 e. The van der Waals surface area contributed by atoms with Crippen molar-refractivity contribution in [1.29, 1.82) is 0 Å². The van der Waals surface area contributed by atoms with Crippen molar-refractivity contribution in [2.24, 2.45) is 5.10 Å². The van der Waals surface area contributed by atoms with Crippen molar-refractivity contribution in [2.75, 3.05) is 6.61 Å². The van der Waals surface area contributed by atoms with Crippen LogP contribution in [0, 0.1) is 6.92 Å². The quantitative estimate of drug-likeness (QED) is 0.111. The third kappa shape index (κ3) is 8.12. The maximum Gasteiger partial charge on any atom is 0.343 e. The lowest BCUT2D eigenvalue weighted by Crippen LogP contribution is -2.25. The van der Waals surface area contributed by atoms with Crippen LogP contribution in [0.15, 0.2) is 102 Å². The van der Waals surface area contributed by atoms with Gasteiger partial charge in [0.2, 0.25) is 0 Å². The van der Waals surface area contributed by atoms with Crippen LogP contribution < -0.4 is 19.6 Å². The molecule has 4 rings (SSSR count). The molecule has 4 aromatic carbocycles. The van der Waals surface area contributed by atoms with Gasteiger partial charge in [-0.3, -0.25) is 4.79 Å². The number of carbonyl (C=O) groups is 3. The van der Waals surface area contributed by atoms with Crippen LogP contribution >= 0.6 is 0 Å². The number of aryl methyl sites for hydroxylation is 1. The summed E-state index contributed by atoms with van der Waals surface area (Å²) in [6, 6.07) is 27.4. The second-order valence-electron chi connectivity index (χ2n) is 9.49. The van der Waals surface area contributed by atoms with Gasteiger partial charge in [-0.1, -0.05) is 62.4 Å². The number of hydrogen-bond acceptors (Lipinski definition) is 7. The number of nitrogens with one attached hydrogen (secondary N) is 1. The van der Waals surface area contributed by atoms with Crippen LogP contribution in [0.25, 0.3) is 0 Å². The van der Waals surface area contributed by atoms with Gasteiger partial charge >= 0.3 is 11.9 Å². The minimum Gasteiger partial charge on any atom is -0.483 e. The predicted molar refractivity (Wildman–Crippen MR) is 156 cm³/mol. The van der Waals surface area contributed by atoms with Gasteiger partial charge in [-0.25, -0.2) is 15.0 Å². The molecule has 0 aliphatic rings. The second-order valence-corrected chi connectivity index (χ2v) is 9.49. The molecule has 0 bridgehead atoms. The van der Waals surface area contributed by atoms with Crippen LogP contribution in [0.3, 0.4) is 0 Å². The Morgan fingerprint density at radius 3 is 2.05 bits per heavy atom. The molecular formula is C33H30N2O6. The fourth-order valence-corrected chi connectivity index (χ4v) is 3.84. The third-order valence-electron chi connectivity index (χ3n) is 5.96. The van der Waals surface area contributed by atoms with E-state index in [0.717, 1.165) is 11.1 Å². The summed E-state index contributed by atoms with van der Waals surface area (Å²) in [6.07, 6.45) is 1.33. The summed E-state index contributed by atoms with van der Waals surface area (Å²) in [4.78, 5) is 37.7. The number of benzene rings is 4. The molecule has 0 atom stereocenters. The maximum absolute atomic E-state index is 12.8. The fourth-order valence-electron chi connectivity index (χ4n) is 3.84. The van der Waals surface area contributed by atoms with Gasteiger partial charge in [0.15, 0.2) is 6.61 Å². The molecule has 0 aliphatic carbocycles. The average molecular weight is 551 g/mol. The van der Waals surface area contributed by atoms with Gasteiger partial charge in [0, 0.05) is 11.6 Å². The molecule has 8 heteroatoms. The Morgan fingerprint density at radius 1 is 0.780 bits per heavy atom. The molecule has 0 fully saturated rings. The standard InChI is InChI=1S/C33H30N2O6/c1-22(2)28-17-14-23(3)18-30(28)39-21-31(36)35-34-20-26-15-16-27(40-32(37)24-10-6-4-7-11-24)19-29(26)41-33(38)25-12-8-5-9-13-25/h4-20,22H,21H2,1-3H3,(H,35,36)/b34-20+. The summed E-state index contributed by atoms with van der Waals surface area (Å²) < 4.78 is 16.8. The number of amides is 1. The lowest BCUT2D eigenvalue weighted by Gasteiger charge is -2.14. The number of ether oxygens (including phenoxy) is 3. The number of carbonyl (C=O) groups excluding carboxylic acids is 3. The highest BCUT2D eigenvalue weighted by atomic mass is 16.5. The highest BCUT2D eigenvalue weighted by Crippen LogP contribution is 2.28. The molecule has 4 aromatic rings. The Balaban J connectivity index is 1.47. The molecule has 208 valence electrons. The van der Waals surface area contributed by atoms with Gasteiger partial charge in [0.1, 0.15) is 17.2 Å². The van der Waals surface area contributed by atoms with E-state index in [2.05, 4.69) is 24.4 Å². The first-order valence-corrected chi connectivity index (χ1v) is 13.0. The monoisotopic (exact) mass is 550 g/mol. The van der Waals surface area contributed by atoms with Crippen molar-refractivity contribution >= 4 is 24.1 Å². The van der Waals surface area contributed by atoms with Crippen molar-refractivity contribution in [1.82, 2.24) is 5.43 Å². The number of hydrogen-bond donors (Lipinski definition) is 1. The Kier molecular flexibility index (Phi) is 9.62. The number of nitrogens with zero attached hydrogens (tertiary/aromatic N) is 1. The van der Waals surface area contributed by atoms with E-state index < -0.39 is 17.8 Å². The Hall–Kier alpha value is -5.24. The van der Waals surface area contributed by atoms with Crippen molar-refractivity contribution in [3.8, 4) is 17.2 Å². The van der Waals surface area contributed by atoms with Crippen LogP contribution in [-0.2, 0) is 4.79 Å². The average Bonchev–Trinajstić information content (AvgIpc) is 2.98. The Morgan fingerprint density at radius 2 is 1.41 bits per heavy atom.